The van der Waals surface area contributed by atoms with Crippen molar-refractivity contribution in [2.24, 2.45) is 4.99 Å². The van der Waals surface area contributed by atoms with E-state index in [-0.39, 0.29) is 0 Å². The van der Waals surface area contributed by atoms with Crippen molar-refractivity contribution in [1.29, 1.82) is 0 Å². The summed E-state index contributed by atoms with van der Waals surface area (Å²) in [5.74, 6) is 0. The summed E-state index contributed by atoms with van der Waals surface area (Å²) in [6.45, 7) is 0. The Labute approximate surface area is 64.5 Å². The number of methoxy groups -OCH3 is 1. The Morgan fingerprint density at radius 3 is 3.09 bits per heavy atom. The maximum Gasteiger partial charge on any atom is 0.418 e. The molecule has 58 valence electrons. The number of amides is 1. The van der Waals surface area contributed by atoms with Gasteiger partial charge >= 0.3 is 6.09 Å². The first-order valence-electron chi connectivity index (χ1n) is 3.07. The van der Waals surface area contributed by atoms with Crippen molar-refractivity contribution in [2.45, 2.75) is 0 Å². The van der Waals surface area contributed by atoms with Crippen LogP contribution in [0.1, 0.15) is 0 Å². The molecule has 0 fully saturated rings. The van der Waals surface area contributed by atoms with E-state index in [1.807, 2.05) is 0 Å². The zero-order valence-electron chi connectivity index (χ0n) is 6.10. The van der Waals surface area contributed by atoms with Crippen LogP contribution in [0.4, 0.5) is 4.79 Å². The first-order valence-corrected chi connectivity index (χ1v) is 3.07. The molecule has 0 saturated heterocycles. The molecule has 1 aliphatic rings. The van der Waals surface area contributed by atoms with Crippen LogP contribution in [0.15, 0.2) is 29.5 Å². The molecule has 11 heavy (non-hydrogen) atoms. The zero-order valence-corrected chi connectivity index (χ0v) is 6.10. The fraction of sp³-hybridized carbons (Fsp3) is 0.143. The summed E-state index contributed by atoms with van der Waals surface area (Å²) in [4.78, 5) is 15.9. The fourth-order valence-corrected chi connectivity index (χ4v) is 0.604. The van der Waals surface area contributed by atoms with Gasteiger partial charge in [0.15, 0.2) is 0 Å². The SMILES string of the molecule is COC(=O)N1C=CC=CN=C1. The average molecular weight is 152 g/mol. The molecule has 0 aromatic carbocycles. The predicted octanol–water partition coefficient (Wildman–Crippen LogP) is 1.12. The van der Waals surface area contributed by atoms with Gasteiger partial charge in [-0.3, -0.25) is 0 Å². The van der Waals surface area contributed by atoms with Gasteiger partial charge in [-0.05, 0) is 12.2 Å². The number of nitrogens with zero attached hydrogens (tertiary/aromatic N) is 2. The molecule has 0 bridgehead atoms. The smallest absolute Gasteiger partial charge is 0.418 e. The number of carbonyl (C=O) groups excluding carboxylic acids is 1. The molecule has 4 heteroatoms. The minimum absolute atomic E-state index is 0.450. The quantitative estimate of drug-likeness (QED) is 0.522. The van der Waals surface area contributed by atoms with Crippen LogP contribution >= 0.6 is 0 Å². The van der Waals surface area contributed by atoms with Gasteiger partial charge < -0.3 is 4.74 Å². The maximum atomic E-state index is 10.9. The molecule has 0 unspecified atom stereocenters. The first kappa shape index (κ1) is 7.53. The lowest BCUT2D eigenvalue weighted by Crippen LogP contribution is -2.23. The van der Waals surface area contributed by atoms with Gasteiger partial charge in [-0.25, -0.2) is 14.7 Å². The van der Waals surface area contributed by atoms with E-state index in [0.717, 1.165) is 0 Å². The van der Waals surface area contributed by atoms with Crippen LogP contribution < -0.4 is 0 Å². The molecule has 0 aliphatic carbocycles. The summed E-state index contributed by atoms with van der Waals surface area (Å²) >= 11 is 0. The Morgan fingerprint density at radius 2 is 2.36 bits per heavy atom. The van der Waals surface area contributed by atoms with E-state index in [4.69, 9.17) is 0 Å². The Morgan fingerprint density at radius 1 is 1.55 bits per heavy atom. The number of aliphatic imine (C=N–C) groups is 1. The van der Waals surface area contributed by atoms with Crippen LogP contribution in [0.5, 0.6) is 0 Å². The highest BCUT2D eigenvalue weighted by Crippen LogP contribution is 1.95. The third-order valence-electron chi connectivity index (χ3n) is 1.11. The number of hydrogen-bond donors (Lipinski definition) is 0. The summed E-state index contributed by atoms with van der Waals surface area (Å²) in [5, 5.41) is 0. The monoisotopic (exact) mass is 152 g/mol. The third kappa shape index (κ3) is 1.93. The Bertz CT molecular complexity index is 215. The molecule has 0 saturated carbocycles. The standard InChI is InChI=1S/C7H8N2O2/c1-11-7(10)9-5-3-2-4-8-6-9/h2-6H,1H3. The predicted molar refractivity (Wildman–Crippen MR) is 41.0 cm³/mol. The molecule has 4 nitrogen and oxygen atoms in total. The normalized spacial score (nSPS) is 14.8. The molecule has 0 aromatic heterocycles. The molecular formula is C7H8N2O2. The molecule has 0 atom stereocenters. The lowest BCUT2D eigenvalue weighted by atomic mass is 10.6. The van der Waals surface area contributed by atoms with Gasteiger partial charge in [0.1, 0.15) is 6.34 Å². The Kier molecular flexibility index (Phi) is 2.43. The Balaban J connectivity index is 2.67. The van der Waals surface area contributed by atoms with E-state index in [0.29, 0.717) is 0 Å². The van der Waals surface area contributed by atoms with Gasteiger partial charge in [0.2, 0.25) is 0 Å². The second-order valence-corrected chi connectivity index (χ2v) is 1.82. The number of allylic oxidation sites excluding steroid dienone is 2. The van der Waals surface area contributed by atoms with E-state index in [2.05, 4.69) is 9.73 Å². The molecule has 1 aliphatic heterocycles. The highest BCUT2D eigenvalue weighted by Gasteiger charge is 2.06. The lowest BCUT2D eigenvalue weighted by molar-refractivity contribution is 0.157. The number of carbonyl (C=O) groups is 1. The highest BCUT2D eigenvalue weighted by atomic mass is 16.5. The Hall–Kier alpha value is -1.58. The lowest BCUT2D eigenvalue weighted by Gasteiger charge is -2.08. The van der Waals surface area contributed by atoms with Gasteiger partial charge in [0.05, 0.1) is 7.11 Å². The van der Waals surface area contributed by atoms with Crippen LogP contribution in [-0.4, -0.2) is 24.4 Å². The molecule has 1 rings (SSSR count). The zero-order chi connectivity index (χ0) is 8.10. The van der Waals surface area contributed by atoms with Crippen molar-refractivity contribution in [3.63, 3.8) is 0 Å². The number of hydrogen-bond acceptors (Lipinski definition) is 3. The number of rotatable bonds is 0. The van der Waals surface area contributed by atoms with Crippen molar-refractivity contribution >= 4 is 12.4 Å². The third-order valence-corrected chi connectivity index (χ3v) is 1.11. The minimum Gasteiger partial charge on any atom is -0.452 e. The van der Waals surface area contributed by atoms with E-state index in [9.17, 15) is 4.79 Å². The molecule has 0 N–H and O–H groups in total. The van der Waals surface area contributed by atoms with Crippen LogP contribution in [0.3, 0.4) is 0 Å². The van der Waals surface area contributed by atoms with Gasteiger partial charge in [0.25, 0.3) is 0 Å². The largest absolute Gasteiger partial charge is 0.452 e. The fourth-order valence-electron chi connectivity index (χ4n) is 0.604. The molecule has 0 radical (unpaired) electrons. The molecular weight excluding hydrogens is 144 g/mol. The van der Waals surface area contributed by atoms with Crippen molar-refractivity contribution in [3.8, 4) is 0 Å². The van der Waals surface area contributed by atoms with Gasteiger partial charge in [0, 0.05) is 12.4 Å². The second-order valence-electron chi connectivity index (χ2n) is 1.82. The first-order chi connectivity index (χ1) is 5.34. The summed E-state index contributed by atoms with van der Waals surface area (Å²) in [6.07, 6.45) is 7.50. The van der Waals surface area contributed by atoms with Crippen molar-refractivity contribution < 1.29 is 9.53 Å². The number of ether oxygens (including phenoxy) is 1. The second kappa shape index (κ2) is 3.55. The molecule has 1 heterocycles. The van der Waals surface area contributed by atoms with Crippen LogP contribution in [-0.2, 0) is 4.74 Å². The van der Waals surface area contributed by atoms with Crippen molar-refractivity contribution in [1.82, 2.24) is 4.90 Å². The topological polar surface area (TPSA) is 41.9 Å². The summed E-state index contributed by atoms with van der Waals surface area (Å²) < 4.78 is 4.46. The average Bonchev–Trinajstić information content (AvgIpc) is 2.30. The summed E-state index contributed by atoms with van der Waals surface area (Å²) in [7, 11) is 1.32. The van der Waals surface area contributed by atoms with Crippen LogP contribution in [0, 0.1) is 0 Å². The van der Waals surface area contributed by atoms with E-state index >= 15 is 0 Å². The van der Waals surface area contributed by atoms with Gasteiger partial charge in [-0.1, -0.05) is 0 Å². The van der Waals surface area contributed by atoms with E-state index < -0.39 is 6.09 Å². The van der Waals surface area contributed by atoms with E-state index in [1.54, 1.807) is 24.6 Å². The van der Waals surface area contributed by atoms with Gasteiger partial charge in [-0.2, -0.15) is 0 Å². The highest BCUT2D eigenvalue weighted by molar-refractivity contribution is 5.84. The van der Waals surface area contributed by atoms with Crippen molar-refractivity contribution in [3.05, 3.63) is 24.6 Å². The van der Waals surface area contributed by atoms with Gasteiger partial charge in [-0.15, -0.1) is 0 Å². The summed E-state index contributed by atoms with van der Waals surface area (Å²) in [6, 6.07) is 0. The molecule has 0 aromatic rings. The molecule has 0 spiro atoms. The molecule has 1 amide bonds. The minimum atomic E-state index is -0.450. The van der Waals surface area contributed by atoms with Crippen LogP contribution in [0.25, 0.3) is 0 Å². The van der Waals surface area contributed by atoms with Crippen molar-refractivity contribution in [2.75, 3.05) is 7.11 Å². The summed E-state index contributed by atoms with van der Waals surface area (Å²) in [5.41, 5.74) is 0. The maximum absolute atomic E-state index is 10.9. The van der Waals surface area contributed by atoms with Crippen LogP contribution in [0.2, 0.25) is 0 Å². The van der Waals surface area contributed by atoms with E-state index in [1.165, 1.54) is 18.3 Å².